The zero-order valence-corrected chi connectivity index (χ0v) is 10.7. The highest BCUT2D eigenvalue weighted by molar-refractivity contribution is 5.38. The summed E-state index contributed by atoms with van der Waals surface area (Å²) in [6, 6.07) is 0. The minimum absolute atomic E-state index is 0.0418. The number of hydrogen-bond donors (Lipinski definition) is 2. The molecule has 21 heavy (non-hydrogen) atoms. The molecule has 0 fully saturated rings. The predicted octanol–water partition coefficient (Wildman–Crippen LogP) is 0.000500. The van der Waals surface area contributed by atoms with E-state index < -0.39 is 19.3 Å². The number of alkyl halides is 3. The Morgan fingerprint density at radius 1 is 1.29 bits per heavy atom. The van der Waals surface area contributed by atoms with Crippen molar-refractivity contribution in [3.8, 4) is 5.95 Å². The fourth-order valence-electron chi connectivity index (χ4n) is 1.59. The van der Waals surface area contributed by atoms with Gasteiger partial charge in [-0.2, -0.15) is 28.1 Å². The zero-order valence-electron chi connectivity index (χ0n) is 10.7. The van der Waals surface area contributed by atoms with Crippen LogP contribution < -0.4 is 10.6 Å². The van der Waals surface area contributed by atoms with E-state index in [1.165, 1.54) is 23.3 Å². The molecule has 114 valence electrons. The third kappa shape index (κ3) is 4.02. The number of imidazole rings is 1. The summed E-state index contributed by atoms with van der Waals surface area (Å²) >= 11 is 0. The number of halogens is 3. The van der Waals surface area contributed by atoms with Crippen LogP contribution in [0.5, 0.6) is 0 Å². The van der Waals surface area contributed by atoms with Gasteiger partial charge in [0.2, 0.25) is 17.8 Å². The fourth-order valence-corrected chi connectivity index (χ4v) is 1.59. The van der Waals surface area contributed by atoms with Crippen LogP contribution in [0.3, 0.4) is 0 Å². The highest BCUT2D eigenvalue weighted by atomic mass is 19.4. The average molecular weight is 303 g/mol. The summed E-state index contributed by atoms with van der Waals surface area (Å²) < 4.78 is 39.0. The van der Waals surface area contributed by atoms with Crippen molar-refractivity contribution in [1.82, 2.24) is 24.5 Å². The van der Waals surface area contributed by atoms with Gasteiger partial charge < -0.3 is 15.7 Å². The minimum Gasteiger partial charge on any atom is -0.395 e. The Bertz CT molecular complexity index is 587. The van der Waals surface area contributed by atoms with Crippen LogP contribution in [-0.2, 0) is 0 Å². The van der Waals surface area contributed by atoms with E-state index in [9.17, 15) is 13.2 Å². The molecule has 0 unspecified atom stereocenters. The molecule has 0 atom stereocenters. The van der Waals surface area contributed by atoms with Crippen LogP contribution in [0.25, 0.3) is 5.95 Å². The van der Waals surface area contributed by atoms with Crippen molar-refractivity contribution in [1.29, 1.82) is 0 Å². The monoisotopic (exact) mass is 303 g/mol. The summed E-state index contributed by atoms with van der Waals surface area (Å²) in [5.41, 5.74) is 5.50. The molecule has 0 radical (unpaired) electrons. The highest BCUT2D eigenvalue weighted by Crippen LogP contribution is 2.20. The molecule has 0 bridgehead atoms. The third-order valence-electron chi connectivity index (χ3n) is 2.39. The molecule has 0 aliphatic carbocycles. The molecule has 2 aromatic heterocycles. The molecule has 2 rings (SSSR count). The first-order valence-electron chi connectivity index (χ1n) is 5.81. The van der Waals surface area contributed by atoms with Gasteiger partial charge in [0.1, 0.15) is 12.9 Å². The SMILES string of the molecule is Nc1nc(N(CCO)CC(F)(F)F)nc(-n2ccnc2)n1. The number of nitrogens with two attached hydrogens (primary N) is 1. The molecule has 2 aromatic rings. The van der Waals surface area contributed by atoms with Crippen molar-refractivity contribution in [3.63, 3.8) is 0 Å². The maximum atomic E-state index is 12.5. The number of nitrogen functional groups attached to an aromatic ring is 1. The van der Waals surface area contributed by atoms with Gasteiger partial charge in [-0.1, -0.05) is 0 Å². The lowest BCUT2D eigenvalue weighted by Gasteiger charge is -2.23. The summed E-state index contributed by atoms with van der Waals surface area (Å²) in [4.78, 5) is 16.0. The summed E-state index contributed by atoms with van der Waals surface area (Å²) in [5, 5.41) is 8.89. The second kappa shape index (κ2) is 5.91. The topological polar surface area (TPSA) is 106 Å². The fraction of sp³-hybridized carbons (Fsp3) is 0.400. The largest absolute Gasteiger partial charge is 0.406 e. The molecular formula is C10H12F3N7O. The predicted molar refractivity (Wildman–Crippen MR) is 66.7 cm³/mol. The van der Waals surface area contributed by atoms with Gasteiger partial charge in [0.05, 0.1) is 6.61 Å². The van der Waals surface area contributed by atoms with E-state index in [-0.39, 0.29) is 24.4 Å². The maximum absolute atomic E-state index is 12.5. The second-order valence-corrected chi connectivity index (χ2v) is 4.02. The normalized spacial score (nSPS) is 11.6. The molecule has 0 saturated heterocycles. The molecule has 3 N–H and O–H groups in total. The lowest BCUT2D eigenvalue weighted by Crippen LogP contribution is -2.37. The number of rotatable bonds is 5. The van der Waals surface area contributed by atoms with Gasteiger partial charge in [0.25, 0.3) is 0 Å². The first-order valence-corrected chi connectivity index (χ1v) is 5.81. The maximum Gasteiger partial charge on any atom is 0.406 e. The second-order valence-electron chi connectivity index (χ2n) is 4.02. The number of nitrogens with zero attached hydrogens (tertiary/aromatic N) is 6. The van der Waals surface area contributed by atoms with Crippen LogP contribution in [0.1, 0.15) is 0 Å². The number of anilines is 2. The van der Waals surface area contributed by atoms with Gasteiger partial charge >= 0.3 is 6.18 Å². The Labute approximate surface area is 117 Å². The van der Waals surface area contributed by atoms with Gasteiger partial charge in [-0.15, -0.1) is 0 Å². The van der Waals surface area contributed by atoms with Gasteiger partial charge in [-0.25, -0.2) is 4.98 Å². The van der Waals surface area contributed by atoms with Crippen molar-refractivity contribution in [2.24, 2.45) is 0 Å². The Balaban J connectivity index is 2.36. The Morgan fingerprint density at radius 2 is 2.05 bits per heavy atom. The number of aromatic nitrogens is 5. The molecule has 0 spiro atoms. The Morgan fingerprint density at radius 3 is 2.62 bits per heavy atom. The summed E-state index contributed by atoms with van der Waals surface area (Å²) in [7, 11) is 0. The van der Waals surface area contributed by atoms with Crippen LogP contribution in [-0.4, -0.2) is 55.5 Å². The van der Waals surface area contributed by atoms with Crippen molar-refractivity contribution < 1.29 is 18.3 Å². The van der Waals surface area contributed by atoms with Crippen LogP contribution in [0.15, 0.2) is 18.7 Å². The Hall–Kier alpha value is -2.43. The van der Waals surface area contributed by atoms with Crippen LogP contribution in [0.4, 0.5) is 25.1 Å². The summed E-state index contributed by atoms with van der Waals surface area (Å²) in [6.45, 7) is -2.07. The first-order chi connectivity index (χ1) is 9.89. The van der Waals surface area contributed by atoms with E-state index in [1.807, 2.05) is 0 Å². The highest BCUT2D eigenvalue weighted by Gasteiger charge is 2.32. The molecule has 11 heteroatoms. The number of hydrogen-bond acceptors (Lipinski definition) is 7. The molecule has 0 aliphatic heterocycles. The van der Waals surface area contributed by atoms with E-state index in [0.29, 0.717) is 0 Å². The van der Waals surface area contributed by atoms with Crippen molar-refractivity contribution >= 4 is 11.9 Å². The van der Waals surface area contributed by atoms with Gasteiger partial charge in [-0.05, 0) is 0 Å². The van der Waals surface area contributed by atoms with Gasteiger partial charge in [0, 0.05) is 18.9 Å². The smallest absolute Gasteiger partial charge is 0.395 e. The van der Waals surface area contributed by atoms with Crippen LogP contribution >= 0.6 is 0 Å². The van der Waals surface area contributed by atoms with Gasteiger partial charge in [-0.3, -0.25) is 4.57 Å². The molecular weight excluding hydrogens is 291 g/mol. The summed E-state index contributed by atoms with van der Waals surface area (Å²) in [6.07, 6.45) is -0.121. The van der Waals surface area contributed by atoms with Crippen LogP contribution in [0, 0.1) is 0 Å². The molecule has 2 heterocycles. The molecule has 0 amide bonds. The standard InChI is InChI=1S/C10H12F3N7O/c11-10(12,13)5-19(3-4-21)8-16-7(14)17-9(18-8)20-2-1-15-6-20/h1-2,6,21H,3-5H2,(H2,14,16,17,18). The van der Waals surface area contributed by atoms with E-state index in [0.717, 1.165) is 4.90 Å². The van der Waals surface area contributed by atoms with E-state index in [2.05, 4.69) is 19.9 Å². The van der Waals surface area contributed by atoms with E-state index in [4.69, 9.17) is 10.8 Å². The Kier molecular flexibility index (Phi) is 4.21. The number of aliphatic hydroxyl groups is 1. The molecule has 0 saturated carbocycles. The van der Waals surface area contributed by atoms with Crippen molar-refractivity contribution in [2.45, 2.75) is 6.18 Å². The van der Waals surface area contributed by atoms with Crippen LogP contribution in [0.2, 0.25) is 0 Å². The van der Waals surface area contributed by atoms with E-state index >= 15 is 0 Å². The molecule has 8 nitrogen and oxygen atoms in total. The molecule has 0 aromatic carbocycles. The zero-order chi connectivity index (χ0) is 15.5. The quantitative estimate of drug-likeness (QED) is 0.800. The third-order valence-corrected chi connectivity index (χ3v) is 2.39. The first kappa shape index (κ1) is 15.0. The summed E-state index contributed by atoms with van der Waals surface area (Å²) in [5.74, 6) is -0.452. The number of aliphatic hydroxyl groups excluding tert-OH is 1. The molecule has 0 aliphatic rings. The van der Waals surface area contributed by atoms with Gasteiger partial charge in [0.15, 0.2) is 0 Å². The van der Waals surface area contributed by atoms with Crippen molar-refractivity contribution in [3.05, 3.63) is 18.7 Å². The van der Waals surface area contributed by atoms with Crippen molar-refractivity contribution in [2.75, 3.05) is 30.3 Å². The van der Waals surface area contributed by atoms with E-state index in [1.54, 1.807) is 0 Å². The average Bonchev–Trinajstić information content (AvgIpc) is 2.90. The minimum atomic E-state index is -4.47. The lowest BCUT2D eigenvalue weighted by atomic mass is 10.5. The lowest BCUT2D eigenvalue weighted by molar-refractivity contribution is -0.120.